The number of pyridine rings is 2. The molecule has 0 spiro atoms. The van der Waals surface area contributed by atoms with Crippen molar-refractivity contribution in [3.8, 4) is 12.0 Å². The number of nitrogen functional groups attached to an aromatic ring is 1. The number of carbonyl (C=O) groups excluding carboxylic acids is 1. The summed E-state index contributed by atoms with van der Waals surface area (Å²) in [7, 11) is 0. The number of benzene rings is 2. The van der Waals surface area contributed by atoms with Gasteiger partial charge in [-0.25, -0.2) is 5.84 Å². The van der Waals surface area contributed by atoms with E-state index in [2.05, 4.69) is 74.7 Å². The highest BCUT2D eigenvalue weighted by atomic mass is 16.5. The first-order chi connectivity index (χ1) is 30.9. The molecule has 17 nitrogen and oxygen atoms in total. The summed E-state index contributed by atoms with van der Waals surface area (Å²) in [5, 5.41) is 4.33. The molecule has 0 radical (unpaired) electrons. The minimum atomic E-state index is 0.304. The number of anilines is 4. The Morgan fingerprint density at radius 2 is 1.16 bits per heavy atom. The van der Waals surface area contributed by atoms with Crippen LogP contribution in [0.4, 0.5) is 23.3 Å². The summed E-state index contributed by atoms with van der Waals surface area (Å²) in [5.41, 5.74) is 11.6. The highest BCUT2D eigenvalue weighted by Crippen LogP contribution is 2.22. The number of hydrogen-bond acceptors (Lipinski definition) is 17. The topological polar surface area (TPSA) is 200 Å². The molecule has 6 aromatic rings. The predicted octanol–water partition coefficient (Wildman–Crippen LogP) is 5.51. The molecule has 2 aliphatic heterocycles. The molecule has 17 heteroatoms. The van der Waals surface area contributed by atoms with E-state index in [0.29, 0.717) is 76.1 Å². The van der Waals surface area contributed by atoms with Gasteiger partial charge in [0, 0.05) is 80.5 Å². The van der Waals surface area contributed by atoms with Crippen LogP contribution in [0.2, 0.25) is 0 Å². The Morgan fingerprint density at radius 3 is 1.63 bits per heavy atom. The van der Waals surface area contributed by atoms with E-state index >= 15 is 0 Å². The van der Waals surface area contributed by atoms with Crippen LogP contribution in [-0.2, 0) is 22.3 Å². The first-order valence-electron chi connectivity index (χ1n) is 20.8. The van der Waals surface area contributed by atoms with Crippen molar-refractivity contribution in [1.29, 1.82) is 0 Å². The summed E-state index contributed by atoms with van der Waals surface area (Å²) in [4.78, 5) is 40.8. The maximum atomic E-state index is 10.2. The summed E-state index contributed by atoms with van der Waals surface area (Å²) < 4.78 is 22.3. The Bertz CT molecular complexity index is 2310. The maximum absolute atomic E-state index is 10.2. The molecule has 8 rings (SSSR count). The van der Waals surface area contributed by atoms with Gasteiger partial charge in [0.15, 0.2) is 5.82 Å². The van der Waals surface area contributed by atoms with E-state index in [-0.39, 0.29) is 0 Å². The molecule has 0 atom stereocenters. The zero-order valence-electron chi connectivity index (χ0n) is 35.7. The zero-order valence-corrected chi connectivity index (χ0v) is 35.7. The molecule has 4 aromatic heterocycles. The number of aryl methyl sites for hydroxylation is 2. The number of hydrazine groups is 1. The van der Waals surface area contributed by atoms with Crippen molar-refractivity contribution in [2.24, 2.45) is 10.9 Å². The number of hydrazone groups is 1. The van der Waals surface area contributed by atoms with Gasteiger partial charge in [0.05, 0.1) is 45.9 Å². The lowest BCUT2D eigenvalue weighted by Gasteiger charge is -2.28. The third-order valence-electron chi connectivity index (χ3n) is 9.45. The fraction of sp³-hybridized carbons (Fsp3) is 0.304. The van der Waals surface area contributed by atoms with E-state index in [1.54, 1.807) is 30.7 Å². The molecule has 0 aliphatic carbocycles. The average molecular weight is 855 g/mol. The van der Waals surface area contributed by atoms with Gasteiger partial charge < -0.3 is 34.2 Å². The summed E-state index contributed by atoms with van der Waals surface area (Å²) in [6.45, 7) is 10.8. The number of nitrogens with zero attached hydrogens (tertiary/aromatic N) is 9. The minimum absolute atomic E-state index is 0.304. The number of morpholine rings is 2. The van der Waals surface area contributed by atoms with Crippen molar-refractivity contribution >= 4 is 35.8 Å². The van der Waals surface area contributed by atoms with E-state index in [0.717, 1.165) is 72.2 Å². The fourth-order valence-corrected chi connectivity index (χ4v) is 6.25. The molecule has 2 aliphatic rings. The Balaban J connectivity index is 0.000000180. The molecule has 2 aromatic carbocycles. The summed E-state index contributed by atoms with van der Waals surface area (Å²) in [5.74, 6) is 8.16. The van der Waals surface area contributed by atoms with Gasteiger partial charge in [0.2, 0.25) is 0 Å². The van der Waals surface area contributed by atoms with E-state index < -0.39 is 0 Å². The molecular formula is C46H54N12O5. The molecule has 63 heavy (non-hydrogen) atoms. The number of aromatic nitrogens is 6. The second kappa shape index (κ2) is 25.0. The molecular weight excluding hydrogens is 801 g/mol. The van der Waals surface area contributed by atoms with Crippen LogP contribution in [-0.4, -0.2) is 108 Å². The van der Waals surface area contributed by atoms with Gasteiger partial charge >= 0.3 is 12.0 Å². The van der Waals surface area contributed by atoms with Crippen LogP contribution in [0.3, 0.4) is 0 Å². The van der Waals surface area contributed by atoms with Gasteiger partial charge in [-0.2, -0.15) is 25.0 Å². The van der Waals surface area contributed by atoms with E-state index in [1.807, 2.05) is 79.7 Å². The summed E-state index contributed by atoms with van der Waals surface area (Å²) in [6.07, 6.45) is 7.54. The van der Waals surface area contributed by atoms with Crippen molar-refractivity contribution in [3.05, 3.63) is 143 Å². The number of rotatable bonds is 15. The normalized spacial score (nSPS) is 13.5. The Labute approximate surface area is 367 Å². The Kier molecular flexibility index (Phi) is 18.0. The molecule has 0 amide bonds. The maximum Gasteiger partial charge on any atom is 0.320 e. The lowest BCUT2D eigenvalue weighted by Crippen LogP contribution is -2.37. The number of ether oxygens (including phenoxy) is 4. The molecule has 2 saturated heterocycles. The lowest BCUT2D eigenvalue weighted by atomic mass is 10.2. The zero-order chi connectivity index (χ0) is 43.9. The second-order valence-corrected chi connectivity index (χ2v) is 14.3. The number of nitrogens with one attached hydrogen (secondary N) is 2. The number of nitrogens with two attached hydrogens (primary N) is 1. The smallest absolute Gasteiger partial charge is 0.320 e. The fourth-order valence-electron chi connectivity index (χ4n) is 6.25. The monoisotopic (exact) mass is 854 g/mol. The second-order valence-electron chi connectivity index (χ2n) is 14.3. The molecule has 6 heterocycles. The lowest BCUT2D eigenvalue weighted by molar-refractivity contribution is 0.112. The number of aldehydes is 1. The highest BCUT2D eigenvalue weighted by molar-refractivity contribution is 5.80. The van der Waals surface area contributed by atoms with Crippen molar-refractivity contribution in [1.82, 2.24) is 29.9 Å². The number of hydrogen-bond donors (Lipinski definition) is 3. The van der Waals surface area contributed by atoms with E-state index in [4.69, 9.17) is 24.8 Å². The standard InChI is InChI=1S/C23H26N6O2.C15H20N6O2.C8H8O/c1-18-5-4-6-19(15-18)17-25-28-21-16-22(29-10-13-30-14-11-29)27-23(26-21)31-12-8-20-7-2-3-9-24-20;16-20-13-11-14(21-6-9-22-10-7-21)19-15(18-13)23-8-4-12-3-1-2-5-17-12;1-7-3-2-4-8(5-7)6-9/h2-7,9,15-17H,8,10-14H2,1H3,(H,26,27,28);1-3,5,11H,4,6-10,16H2,(H,18,19,20);2-6H,1H3/b25-17+;;. The third kappa shape index (κ3) is 15.7. The van der Waals surface area contributed by atoms with Crippen LogP contribution in [0, 0.1) is 13.8 Å². The SMILES string of the molecule is Cc1cccc(/C=N/Nc2cc(N3CCOCC3)nc(OCCc3ccccn3)n2)c1.Cc1cccc(C=O)c1.NNc1cc(N2CCOCC2)nc(OCCc2ccccn2)n1. The first kappa shape index (κ1) is 45.4. The predicted molar refractivity (Wildman–Crippen MR) is 244 cm³/mol. The van der Waals surface area contributed by atoms with Gasteiger partial charge in [0.25, 0.3) is 0 Å². The van der Waals surface area contributed by atoms with Gasteiger partial charge in [-0.05, 0) is 49.7 Å². The van der Waals surface area contributed by atoms with Crippen LogP contribution < -0.4 is 36.0 Å². The van der Waals surface area contributed by atoms with Gasteiger partial charge in [-0.3, -0.25) is 20.2 Å². The van der Waals surface area contributed by atoms with Crippen LogP contribution in [0.1, 0.15) is 38.4 Å². The van der Waals surface area contributed by atoms with Crippen molar-refractivity contribution in [2.75, 3.05) is 86.5 Å². The van der Waals surface area contributed by atoms with Crippen LogP contribution in [0.15, 0.2) is 115 Å². The van der Waals surface area contributed by atoms with Crippen molar-refractivity contribution in [2.45, 2.75) is 26.7 Å². The molecule has 4 N–H and O–H groups in total. The first-order valence-corrected chi connectivity index (χ1v) is 20.8. The number of carbonyl (C=O) groups is 1. The largest absolute Gasteiger partial charge is 0.463 e. The molecule has 0 saturated carbocycles. The van der Waals surface area contributed by atoms with Gasteiger partial charge in [-0.15, -0.1) is 0 Å². The van der Waals surface area contributed by atoms with Crippen molar-refractivity contribution < 1.29 is 23.7 Å². The molecule has 2 fully saturated rings. The molecule has 0 unspecified atom stereocenters. The van der Waals surface area contributed by atoms with Crippen molar-refractivity contribution in [3.63, 3.8) is 0 Å². The summed E-state index contributed by atoms with van der Waals surface area (Å²) in [6, 6.07) is 31.5. The molecule has 0 bridgehead atoms. The van der Waals surface area contributed by atoms with Crippen LogP contribution >= 0.6 is 0 Å². The van der Waals surface area contributed by atoms with Crippen LogP contribution in [0.5, 0.6) is 12.0 Å². The van der Waals surface area contributed by atoms with Gasteiger partial charge in [0.1, 0.15) is 23.7 Å². The quantitative estimate of drug-likeness (QED) is 0.0505. The highest BCUT2D eigenvalue weighted by Gasteiger charge is 2.17. The summed E-state index contributed by atoms with van der Waals surface area (Å²) >= 11 is 0. The Hall–Kier alpha value is -7.08. The minimum Gasteiger partial charge on any atom is -0.463 e. The molecule has 328 valence electrons. The van der Waals surface area contributed by atoms with E-state index in [9.17, 15) is 4.79 Å². The Morgan fingerprint density at radius 1 is 0.651 bits per heavy atom. The average Bonchev–Trinajstić information content (AvgIpc) is 3.33. The third-order valence-corrected chi connectivity index (χ3v) is 9.45. The van der Waals surface area contributed by atoms with E-state index in [1.165, 1.54) is 5.56 Å². The van der Waals surface area contributed by atoms with Gasteiger partial charge in [-0.1, -0.05) is 65.7 Å². The van der Waals surface area contributed by atoms with Crippen LogP contribution in [0.25, 0.3) is 0 Å².